The number of rotatable bonds is 3. The summed E-state index contributed by atoms with van der Waals surface area (Å²) in [6.07, 6.45) is 6.50. The molecule has 1 aromatic carbocycles. The fraction of sp³-hybridized carbons (Fsp3) is 0.600. The first-order valence-corrected chi connectivity index (χ1v) is 6.59. The van der Waals surface area contributed by atoms with Gasteiger partial charge in [-0.2, -0.15) is 0 Å². The molecule has 1 saturated heterocycles. The second kappa shape index (κ2) is 5.01. The van der Waals surface area contributed by atoms with E-state index in [9.17, 15) is 0 Å². The minimum absolute atomic E-state index is 0.263. The van der Waals surface area contributed by atoms with Gasteiger partial charge in [-0.1, -0.05) is 49.6 Å². The average Bonchev–Trinajstić information content (AvgIpc) is 2.31. The molecule has 2 rings (SSSR count). The smallest absolute Gasteiger partial charge is 0.0434 e. The molecule has 1 unspecified atom stereocenters. The van der Waals surface area contributed by atoms with Gasteiger partial charge in [0.25, 0.3) is 0 Å². The predicted molar refractivity (Wildman–Crippen MR) is 69.6 cm³/mol. The molecule has 0 bridgehead atoms. The van der Waals surface area contributed by atoms with Crippen LogP contribution >= 0.6 is 0 Å². The second-order valence-electron chi connectivity index (χ2n) is 5.09. The lowest BCUT2D eigenvalue weighted by Gasteiger charge is -2.39. The van der Waals surface area contributed by atoms with Crippen molar-refractivity contribution in [2.45, 2.75) is 51.5 Å². The van der Waals surface area contributed by atoms with E-state index in [0.717, 1.165) is 0 Å². The monoisotopic (exact) mass is 217 g/mol. The van der Waals surface area contributed by atoms with E-state index in [1.807, 2.05) is 0 Å². The molecule has 1 nitrogen and oxygen atoms in total. The minimum Gasteiger partial charge on any atom is -0.307 e. The molecule has 1 heterocycles. The highest BCUT2D eigenvalue weighted by Gasteiger charge is 2.32. The Bertz CT molecular complexity index is 332. The highest BCUT2D eigenvalue weighted by atomic mass is 15.0. The Hall–Kier alpha value is -0.820. The molecule has 1 aromatic rings. The summed E-state index contributed by atoms with van der Waals surface area (Å²) in [7, 11) is 0. The van der Waals surface area contributed by atoms with Gasteiger partial charge >= 0.3 is 0 Å². The van der Waals surface area contributed by atoms with Crippen LogP contribution in [0.2, 0.25) is 0 Å². The third kappa shape index (κ3) is 2.30. The molecule has 0 aromatic heterocycles. The number of piperidine rings is 1. The molecule has 1 N–H and O–H groups in total. The predicted octanol–water partition coefficient (Wildman–Crippen LogP) is 3.76. The van der Waals surface area contributed by atoms with Crippen molar-refractivity contribution in [3.63, 3.8) is 0 Å². The number of nitrogens with one attached hydrogen (secondary N) is 1. The van der Waals surface area contributed by atoms with Crippen LogP contribution in [0.15, 0.2) is 24.3 Å². The van der Waals surface area contributed by atoms with Gasteiger partial charge in [-0.3, -0.25) is 0 Å². The van der Waals surface area contributed by atoms with Gasteiger partial charge in [-0.15, -0.1) is 0 Å². The maximum absolute atomic E-state index is 3.78. The van der Waals surface area contributed by atoms with Gasteiger partial charge in [0.2, 0.25) is 0 Å². The van der Waals surface area contributed by atoms with Crippen LogP contribution in [0.3, 0.4) is 0 Å². The van der Waals surface area contributed by atoms with E-state index in [1.54, 1.807) is 0 Å². The van der Waals surface area contributed by atoms with E-state index in [1.165, 1.54) is 49.8 Å². The van der Waals surface area contributed by atoms with Crippen LogP contribution in [0.1, 0.15) is 50.2 Å². The molecule has 1 aliphatic heterocycles. The Balaban J connectivity index is 2.30. The van der Waals surface area contributed by atoms with Crippen LogP contribution in [0, 0.1) is 6.92 Å². The van der Waals surface area contributed by atoms with Gasteiger partial charge in [0, 0.05) is 5.54 Å². The Morgan fingerprint density at radius 3 is 2.81 bits per heavy atom. The van der Waals surface area contributed by atoms with Crippen molar-refractivity contribution in [1.29, 1.82) is 0 Å². The molecule has 0 saturated carbocycles. The fourth-order valence-electron chi connectivity index (χ4n) is 2.94. The summed E-state index contributed by atoms with van der Waals surface area (Å²) in [5.74, 6) is 0. The molecule has 0 aliphatic carbocycles. The standard InChI is InChI=1S/C15H23N/c1-3-9-15(10-4-5-11-16-15)14-8-6-7-13(2)12-14/h6-8,12,16H,3-5,9-11H2,1-2H3. The van der Waals surface area contributed by atoms with Crippen molar-refractivity contribution in [3.8, 4) is 0 Å². The molecule has 1 aliphatic rings. The molecular weight excluding hydrogens is 194 g/mol. The minimum atomic E-state index is 0.263. The lowest BCUT2D eigenvalue weighted by molar-refractivity contribution is 0.237. The van der Waals surface area contributed by atoms with Gasteiger partial charge in [0.05, 0.1) is 0 Å². The van der Waals surface area contributed by atoms with E-state index < -0.39 is 0 Å². The van der Waals surface area contributed by atoms with Gasteiger partial charge in [0.1, 0.15) is 0 Å². The van der Waals surface area contributed by atoms with Gasteiger partial charge in [0.15, 0.2) is 0 Å². The molecule has 88 valence electrons. The van der Waals surface area contributed by atoms with Gasteiger partial charge in [-0.25, -0.2) is 0 Å². The van der Waals surface area contributed by atoms with Crippen molar-refractivity contribution in [2.75, 3.05) is 6.54 Å². The molecule has 0 amide bonds. The molecule has 0 radical (unpaired) electrons. The summed E-state index contributed by atoms with van der Waals surface area (Å²) in [6.45, 7) is 5.65. The van der Waals surface area contributed by atoms with Crippen LogP contribution in [0.4, 0.5) is 0 Å². The third-order valence-corrected chi connectivity index (χ3v) is 3.74. The highest BCUT2D eigenvalue weighted by Crippen LogP contribution is 2.34. The van der Waals surface area contributed by atoms with Crippen molar-refractivity contribution < 1.29 is 0 Å². The zero-order chi connectivity index (χ0) is 11.4. The summed E-state index contributed by atoms with van der Waals surface area (Å²) in [4.78, 5) is 0. The van der Waals surface area contributed by atoms with Crippen molar-refractivity contribution >= 4 is 0 Å². The summed E-state index contributed by atoms with van der Waals surface area (Å²) in [5.41, 5.74) is 3.13. The zero-order valence-corrected chi connectivity index (χ0v) is 10.6. The fourth-order valence-corrected chi connectivity index (χ4v) is 2.94. The van der Waals surface area contributed by atoms with Gasteiger partial charge in [-0.05, 0) is 38.3 Å². The first-order valence-electron chi connectivity index (χ1n) is 6.59. The Morgan fingerprint density at radius 1 is 1.31 bits per heavy atom. The molecule has 1 heteroatoms. The summed E-state index contributed by atoms with van der Waals surface area (Å²) in [6, 6.07) is 9.03. The zero-order valence-electron chi connectivity index (χ0n) is 10.6. The lowest BCUT2D eigenvalue weighted by Crippen LogP contribution is -2.45. The normalized spacial score (nSPS) is 25.6. The first kappa shape index (κ1) is 11.7. The molecule has 16 heavy (non-hydrogen) atoms. The summed E-state index contributed by atoms with van der Waals surface area (Å²) < 4.78 is 0. The quantitative estimate of drug-likeness (QED) is 0.812. The van der Waals surface area contributed by atoms with Crippen LogP contribution in [-0.4, -0.2) is 6.54 Å². The maximum atomic E-state index is 3.78. The third-order valence-electron chi connectivity index (χ3n) is 3.74. The lowest BCUT2D eigenvalue weighted by atomic mass is 9.78. The number of benzene rings is 1. The Kier molecular flexibility index (Phi) is 3.65. The maximum Gasteiger partial charge on any atom is 0.0434 e. The van der Waals surface area contributed by atoms with E-state index >= 15 is 0 Å². The molecular formula is C15H23N. The Morgan fingerprint density at radius 2 is 2.19 bits per heavy atom. The van der Waals surface area contributed by atoms with Crippen molar-refractivity contribution in [3.05, 3.63) is 35.4 Å². The number of hydrogen-bond donors (Lipinski definition) is 1. The van der Waals surface area contributed by atoms with E-state index in [2.05, 4.69) is 43.4 Å². The molecule has 1 fully saturated rings. The number of hydrogen-bond acceptors (Lipinski definition) is 1. The van der Waals surface area contributed by atoms with E-state index in [0.29, 0.717) is 0 Å². The molecule has 0 spiro atoms. The second-order valence-corrected chi connectivity index (χ2v) is 5.09. The topological polar surface area (TPSA) is 12.0 Å². The van der Waals surface area contributed by atoms with E-state index in [-0.39, 0.29) is 5.54 Å². The molecule has 1 atom stereocenters. The van der Waals surface area contributed by atoms with Crippen molar-refractivity contribution in [1.82, 2.24) is 5.32 Å². The SMILES string of the molecule is CCCC1(c2cccc(C)c2)CCCCN1. The van der Waals surface area contributed by atoms with Crippen molar-refractivity contribution in [2.24, 2.45) is 0 Å². The first-order chi connectivity index (χ1) is 7.77. The van der Waals surface area contributed by atoms with Crippen LogP contribution < -0.4 is 5.32 Å². The average molecular weight is 217 g/mol. The Labute approximate surface area is 99.3 Å². The van der Waals surface area contributed by atoms with Crippen LogP contribution in [0.25, 0.3) is 0 Å². The summed E-state index contributed by atoms with van der Waals surface area (Å²) >= 11 is 0. The highest BCUT2D eigenvalue weighted by molar-refractivity contribution is 5.29. The number of aryl methyl sites for hydroxylation is 1. The summed E-state index contributed by atoms with van der Waals surface area (Å²) in [5, 5.41) is 3.78. The van der Waals surface area contributed by atoms with Gasteiger partial charge < -0.3 is 5.32 Å². The van der Waals surface area contributed by atoms with E-state index in [4.69, 9.17) is 0 Å². The van der Waals surface area contributed by atoms with Crippen LogP contribution in [0.5, 0.6) is 0 Å². The van der Waals surface area contributed by atoms with Crippen LogP contribution in [-0.2, 0) is 5.54 Å². The largest absolute Gasteiger partial charge is 0.307 e.